The van der Waals surface area contributed by atoms with Crippen molar-refractivity contribution in [3.63, 3.8) is 0 Å². The number of benzene rings is 2. The molecule has 3 atom stereocenters. The second kappa shape index (κ2) is 9.56. The van der Waals surface area contributed by atoms with Gasteiger partial charge in [0.05, 0.1) is 43.0 Å². The van der Waals surface area contributed by atoms with Crippen LogP contribution in [0.4, 0.5) is 4.79 Å². The number of hydrogen-bond acceptors (Lipinski definition) is 6. The normalized spacial score (nSPS) is 21.2. The molecule has 3 aromatic rings. The van der Waals surface area contributed by atoms with Crippen LogP contribution in [0.5, 0.6) is 5.75 Å². The number of fused-ring (bicyclic) bond motifs is 1. The molecule has 2 amide bonds. The minimum atomic E-state index is -0.660. The summed E-state index contributed by atoms with van der Waals surface area (Å²) in [5, 5.41) is 32.0. The molecule has 0 aliphatic carbocycles. The summed E-state index contributed by atoms with van der Waals surface area (Å²) < 4.78 is 7.68. The van der Waals surface area contributed by atoms with Crippen LogP contribution in [-0.2, 0) is 6.54 Å². The zero-order valence-electron chi connectivity index (χ0n) is 19.2. The predicted octanol–water partition coefficient (Wildman–Crippen LogP) is 3.50. The van der Waals surface area contributed by atoms with E-state index in [1.54, 1.807) is 17.0 Å². The summed E-state index contributed by atoms with van der Waals surface area (Å²) in [6.45, 7) is 3.04. The molecule has 10 heteroatoms. The monoisotopic (exact) mass is 492 g/mol. The van der Waals surface area contributed by atoms with Crippen LogP contribution in [0.2, 0.25) is 5.02 Å². The zero-order chi connectivity index (χ0) is 24.5. The number of halogens is 1. The average molecular weight is 493 g/mol. The molecule has 2 aliphatic heterocycles. The Kier molecular flexibility index (Phi) is 6.32. The third kappa shape index (κ3) is 4.67. The summed E-state index contributed by atoms with van der Waals surface area (Å²) in [5.74, 6) is 1.97. The number of amides is 2. The minimum Gasteiger partial charge on any atom is -0.493 e. The van der Waals surface area contributed by atoms with Gasteiger partial charge >= 0.3 is 6.03 Å². The standard InChI is InChI=1S/C25H25ClN6O3/c1-15-29-30-24(31(15)13-16-2-5-18(26)6-3-16)22-11-19(33)14-32(22)25(34)28-21-8-9-35-23-10-17(12-27)4-7-20(21)23/h2-7,10,19,21-22,33H,8-9,11,13-14H2,1H3,(H,28,34)/t19?,21-,22?/m0/s1. The van der Waals surface area contributed by atoms with Gasteiger partial charge < -0.3 is 24.6 Å². The summed E-state index contributed by atoms with van der Waals surface area (Å²) in [7, 11) is 0. The Morgan fingerprint density at radius 3 is 2.86 bits per heavy atom. The van der Waals surface area contributed by atoms with Gasteiger partial charge in [-0.2, -0.15) is 5.26 Å². The lowest BCUT2D eigenvalue weighted by molar-refractivity contribution is 0.163. The average Bonchev–Trinajstić information content (AvgIpc) is 3.42. The van der Waals surface area contributed by atoms with Crippen molar-refractivity contribution in [2.45, 2.75) is 44.5 Å². The van der Waals surface area contributed by atoms with Crippen LogP contribution in [0.1, 0.15) is 53.3 Å². The molecule has 180 valence electrons. The van der Waals surface area contributed by atoms with Gasteiger partial charge in [-0.3, -0.25) is 0 Å². The molecule has 0 radical (unpaired) electrons. The van der Waals surface area contributed by atoms with Gasteiger partial charge in [-0.1, -0.05) is 29.8 Å². The fourth-order valence-electron chi connectivity index (χ4n) is 4.74. The van der Waals surface area contributed by atoms with E-state index in [-0.39, 0.29) is 18.6 Å². The van der Waals surface area contributed by atoms with E-state index in [4.69, 9.17) is 21.6 Å². The van der Waals surface area contributed by atoms with E-state index in [0.29, 0.717) is 48.2 Å². The largest absolute Gasteiger partial charge is 0.493 e. The number of aliphatic hydroxyl groups is 1. The van der Waals surface area contributed by atoms with Crippen molar-refractivity contribution in [1.82, 2.24) is 25.0 Å². The maximum atomic E-state index is 13.4. The number of aliphatic hydroxyl groups excluding tert-OH is 1. The first-order chi connectivity index (χ1) is 16.9. The zero-order valence-corrected chi connectivity index (χ0v) is 19.9. The van der Waals surface area contributed by atoms with Crippen LogP contribution in [0.25, 0.3) is 0 Å². The lowest BCUT2D eigenvalue weighted by atomic mass is 9.99. The van der Waals surface area contributed by atoms with Crippen LogP contribution in [0.3, 0.4) is 0 Å². The SMILES string of the molecule is Cc1nnc(C2CC(O)CN2C(=O)N[C@H]2CCOc3cc(C#N)ccc32)n1Cc1ccc(Cl)cc1. The number of rotatable bonds is 4. The number of hydrogen-bond donors (Lipinski definition) is 2. The van der Waals surface area contributed by atoms with Crippen molar-refractivity contribution in [3.8, 4) is 11.8 Å². The molecule has 1 fully saturated rings. The first-order valence-corrected chi connectivity index (χ1v) is 11.9. The topological polar surface area (TPSA) is 116 Å². The summed E-state index contributed by atoms with van der Waals surface area (Å²) in [5.41, 5.74) is 2.37. The van der Waals surface area contributed by atoms with Crippen molar-refractivity contribution in [2.24, 2.45) is 0 Å². The highest BCUT2D eigenvalue weighted by atomic mass is 35.5. The maximum absolute atomic E-state index is 13.4. The summed E-state index contributed by atoms with van der Waals surface area (Å²) in [6.07, 6.45) is 0.325. The number of carbonyl (C=O) groups excluding carboxylic acids is 1. The fourth-order valence-corrected chi connectivity index (χ4v) is 4.86. The van der Waals surface area contributed by atoms with Crippen LogP contribution < -0.4 is 10.1 Å². The summed E-state index contributed by atoms with van der Waals surface area (Å²) in [6, 6.07) is 13.9. The molecule has 5 rings (SSSR count). The van der Waals surface area contributed by atoms with E-state index >= 15 is 0 Å². The van der Waals surface area contributed by atoms with Gasteiger partial charge in [-0.15, -0.1) is 10.2 Å². The third-order valence-electron chi connectivity index (χ3n) is 6.54. The van der Waals surface area contributed by atoms with Gasteiger partial charge in [0.15, 0.2) is 5.82 Å². The van der Waals surface area contributed by atoms with E-state index in [1.165, 1.54) is 0 Å². The van der Waals surface area contributed by atoms with Crippen molar-refractivity contribution in [1.29, 1.82) is 5.26 Å². The van der Waals surface area contributed by atoms with Gasteiger partial charge in [0.2, 0.25) is 0 Å². The number of nitriles is 1. The molecule has 1 saturated heterocycles. The number of urea groups is 1. The van der Waals surface area contributed by atoms with E-state index in [0.717, 1.165) is 17.0 Å². The molecule has 0 saturated carbocycles. The second-order valence-corrected chi connectivity index (χ2v) is 9.32. The second-order valence-electron chi connectivity index (χ2n) is 8.88. The Hall–Kier alpha value is -3.61. The van der Waals surface area contributed by atoms with Gasteiger partial charge in [0, 0.05) is 30.0 Å². The molecular formula is C25H25ClN6O3. The smallest absolute Gasteiger partial charge is 0.318 e. The molecule has 1 aromatic heterocycles. The first kappa shape index (κ1) is 23.1. The highest BCUT2D eigenvalue weighted by Gasteiger charge is 2.39. The van der Waals surface area contributed by atoms with E-state index in [9.17, 15) is 9.90 Å². The first-order valence-electron chi connectivity index (χ1n) is 11.5. The van der Waals surface area contributed by atoms with E-state index < -0.39 is 12.1 Å². The Morgan fingerprint density at radius 1 is 1.29 bits per heavy atom. The number of likely N-dealkylation sites (tertiary alicyclic amines) is 1. The Morgan fingerprint density at radius 2 is 2.09 bits per heavy atom. The lowest BCUT2D eigenvalue weighted by Gasteiger charge is -2.30. The quantitative estimate of drug-likeness (QED) is 0.575. The maximum Gasteiger partial charge on any atom is 0.318 e. The molecule has 2 unspecified atom stereocenters. The predicted molar refractivity (Wildman–Crippen MR) is 128 cm³/mol. The lowest BCUT2D eigenvalue weighted by Crippen LogP contribution is -2.43. The number of aromatic nitrogens is 3. The van der Waals surface area contributed by atoms with Crippen LogP contribution in [-0.4, -0.2) is 50.1 Å². The molecule has 2 N–H and O–H groups in total. The van der Waals surface area contributed by atoms with Gasteiger partial charge in [0.1, 0.15) is 11.6 Å². The number of nitrogens with zero attached hydrogens (tertiary/aromatic N) is 5. The number of nitrogens with one attached hydrogen (secondary N) is 1. The molecule has 0 spiro atoms. The molecule has 2 aliphatic rings. The number of aryl methyl sites for hydroxylation is 1. The van der Waals surface area contributed by atoms with Gasteiger partial charge in [-0.05, 0) is 36.8 Å². The van der Waals surface area contributed by atoms with Gasteiger partial charge in [-0.25, -0.2) is 4.79 Å². The highest BCUT2D eigenvalue weighted by molar-refractivity contribution is 6.30. The van der Waals surface area contributed by atoms with Crippen LogP contribution in [0, 0.1) is 18.3 Å². The van der Waals surface area contributed by atoms with E-state index in [1.807, 2.05) is 41.8 Å². The number of carbonyl (C=O) groups is 1. The van der Waals surface area contributed by atoms with Crippen molar-refractivity contribution < 1.29 is 14.6 Å². The number of β-amino-alcohol motifs (C(OH)–C–C–N with tert-alkyl or cyclic N) is 1. The Bertz CT molecular complexity index is 1290. The molecular weight excluding hydrogens is 468 g/mol. The van der Waals surface area contributed by atoms with Crippen LogP contribution in [0.15, 0.2) is 42.5 Å². The van der Waals surface area contributed by atoms with Crippen molar-refractivity contribution in [3.05, 3.63) is 75.8 Å². The van der Waals surface area contributed by atoms with Crippen LogP contribution >= 0.6 is 11.6 Å². The minimum absolute atomic E-state index is 0.201. The molecule has 9 nitrogen and oxygen atoms in total. The molecule has 2 aromatic carbocycles. The summed E-state index contributed by atoms with van der Waals surface area (Å²) in [4.78, 5) is 15.1. The molecule has 0 bridgehead atoms. The van der Waals surface area contributed by atoms with E-state index in [2.05, 4.69) is 21.6 Å². The van der Waals surface area contributed by atoms with Crippen molar-refractivity contribution >= 4 is 17.6 Å². The fraction of sp³-hybridized carbons (Fsp3) is 0.360. The summed E-state index contributed by atoms with van der Waals surface area (Å²) >= 11 is 6.02. The Balaban J connectivity index is 1.38. The van der Waals surface area contributed by atoms with Gasteiger partial charge in [0.25, 0.3) is 0 Å². The molecule has 35 heavy (non-hydrogen) atoms. The third-order valence-corrected chi connectivity index (χ3v) is 6.79. The number of ether oxygens (including phenoxy) is 1. The Labute approximate surface area is 207 Å². The van der Waals surface area contributed by atoms with Crippen molar-refractivity contribution in [2.75, 3.05) is 13.2 Å². The highest BCUT2D eigenvalue weighted by Crippen LogP contribution is 2.35. The molecule has 3 heterocycles.